The Bertz CT molecular complexity index is 1200. The number of para-hydroxylation sites is 1. The minimum atomic E-state index is -1.82. The number of benzene rings is 2. The molecule has 3 N–H and O–H groups in total. The van der Waals surface area contributed by atoms with Crippen LogP contribution in [-0.2, 0) is 22.7 Å². The topological polar surface area (TPSA) is 120 Å². The molecular weight excluding hydrogens is 460 g/mol. The van der Waals surface area contributed by atoms with Gasteiger partial charge in [-0.15, -0.1) is 0 Å². The Morgan fingerprint density at radius 3 is 2.28 bits per heavy atom. The Balaban J connectivity index is 0.000000538. The number of carboxylic acid groups (broad SMARTS) is 2. The lowest BCUT2D eigenvalue weighted by Crippen LogP contribution is -2.34. The van der Waals surface area contributed by atoms with Crippen molar-refractivity contribution >= 4 is 18.0 Å². The fraction of sp³-hybridized carbons (Fsp3) is 0.250. The summed E-state index contributed by atoms with van der Waals surface area (Å²) in [5, 5.41) is 14.8. The highest BCUT2D eigenvalue weighted by atomic mass is 16.5. The van der Waals surface area contributed by atoms with Crippen molar-refractivity contribution in [2.45, 2.75) is 26.0 Å². The first kappa shape index (κ1) is 26.4. The van der Waals surface area contributed by atoms with Gasteiger partial charge in [0, 0.05) is 23.9 Å². The van der Waals surface area contributed by atoms with Gasteiger partial charge < -0.3 is 19.9 Å². The van der Waals surface area contributed by atoms with Crippen LogP contribution in [0.5, 0.6) is 5.75 Å². The smallest absolute Gasteiger partial charge is 0.414 e. The third kappa shape index (κ3) is 8.56. The van der Waals surface area contributed by atoms with E-state index in [4.69, 9.17) is 24.5 Å². The van der Waals surface area contributed by atoms with Crippen LogP contribution in [0.2, 0.25) is 0 Å². The summed E-state index contributed by atoms with van der Waals surface area (Å²) in [6.45, 7) is 3.32. The van der Waals surface area contributed by atoms with Crippen LogP contribution >= 0.6 is 0 Å². The number of nitrogens with zero attached hydrogens (tertiary/aromatic N) is 1. The molecule has 1 aromatic heterocycles. The number of piperidine rings is 1. The number of hydrogen-bond donors (Lipinski definition) is 3. The van der Waals surface area contributed by atoms with Gasteiger partial charge in [-0.1, -0.05) is 66.7 Å². The number of aromatic amines is 1. The zero-order chi connectivity index (χ0) is 25.8. The predicted molar refractivity (Wildman–Crippen MR) is 137 cm³/mol. The van der Waals surface area contributed by atoms with Crippen LogP contribution in [0.25, 0.3) is 6.08 Å². The molecule has 0 radical (unpaired) electrons. The van der Waals surface area contributed by atoms with Gasteiger partial charge in [-0.25, -0.2) is 9.59 Å². The molecule has 36 heavy (non-hydrogen) atoms. The third-order valence-electron chi connectivity index (χ3n) is 5.81. The van der Waals surface area contributed by atoms with Crippen LogP contribution in [0, 0.1) is 5.92 Å². The molecule has 0 unspecified atom stereocenters. The summed E-state index contributed by atoms with van der Waals surface area (Å²) in [5.41, 5.74) is 3.15. The maximum atomic E-state index is 11.9. The summed E-state index contributed by atoms with van der Waals surface area (Å²) in [7, 11) is 0. The van der Waals surface area contributed by atoms with E-state index in [0.717, 1.165) is 49.4 Å². The number of nitrogens with one attached hydrogen (secondary N) is 1. The van der Waals surface area contributed by atoms with Crippen molar-refractivity contribution in [3.63, 3.8) is 0 Å². The second-order valence-corrected chi connectivity index (χ2v) is 8.42. The normalized spacial score (nSPS) is 14.1. The number of aromatic nitrogens is 1. The molecule has 0 bridgehead atoms. The lowest BCUT2D eigenvalue weighted by Gasteiger charge is -2.30. The molecule has 0 aliphatic carbocycles. The summed E-state index contributed by atoms with van der Waals surface area (Å²) >= 11 is 0. The molecule has 8 nitrogen and oxygen atoms in total. The van der Waals surface area contributed by atoms with Crippen molar-refractivity contribution in [2.24, 2.45) is 5.92 Å². The second-order valence-electron chi connectivity index (χ2n) is 8.42. The van der Waals surface area contributed by atoms with Gasteiger partial charge in [0.05, 0.1) is 0 Å². The zero-order valence-corrected chi connectivity index (χ0v) is 19.9. The fourth-order valence-corrected chi connectivity index (χ4v) is 3.85. The van der Waals surface area contributed by atoms with E-state index in [-0.39, 0.29) is 5.56 Å². The Hall–Kier alpha value is -4.17. The highest BCUT2D eigenvalue weighted by molar-refractivity contribution is 6.27. The molecule has 8 heteroatoms. The number of rotatable bonds is 7. The van der Waals surface area contributed by atoms with Crippen molar-refractivity contribution in [1.29, 1.82) is 0 Å². The van der Waals surface area contributed by atoms with Gasteiger partial charge in [-0.05, 0) is 49.5 Å². The monoisotopic (exact) mass is 490 g/mol. The molecular formula is C28H30N2O6. The van der Waals surface area contributed by atoms with E-state index in [1.807, 2.05) is 42.5 Å². The van der Waals surface area contributed by atoms with Gasteiger partial charge in [-0.3, -0.25) is 9.69 Å². The van der Waals surface area contributed by atoms with Crippen molar-refractivity contribution in [3.8, 4) is 5.75 Å². The molecule has 0 saturated carbocycles. The molecule has 3 aromatic rings. The number of pyridine rings is 1. The first-order valence-electron chi connectivity index (χ1n) is 11.7. The summed E-state index contributed by atoms with van der Waals surface area (Å²) in [5.74, 6) is -2.18. The summed E-state index contributed by atoms with van der Waals surface area (Å²) in [6.07, 6.45) is 8.41. The van der Waals surface area contributed by atoms with Crippen LogP contribution in [-0.4, -0.2) is 45.1 Å². The van der Waals surface area contributed by atoms with Gasteiger partial charge in [0.15, 0.2) is 0 Å². The lowest BCUT2D eigenvalue weighted by atomic mass is 9.95. The van der Waals surface area contributed by atoms with Gasteiger partial charge >= 0.3 is 11.9 Å². The van der Waals surface area contributed by atoms with E-state index in [0.29, 0.717) is 12.5 Å². The van der Waals surface area contributed by atoms with E-state index in [9.17, 15) is 4.79 Å². The molecule has 188 valence electrons. The van der Waals surface area contributed by atoms with Crippen LogP contribution in [0.3, 0.4) is 0 Å². The highest BCUT2D eigenvalue weighted by Crippen LogP contribution is 2.24. The maximum absolute atomic E-state index is 11.9. The van der Waals surface area contributed by atoms with E-state index in [2.05, 4.69) is 46.3 Å². The number of carbonyl (C=O) groups is 2. The van der Waals surface area contributed by atoms with Crippen LogP contribution in [0.4, 0.5) is 0 Å². The molecule has 0 atom stereocenters. The van der Waals surface area contributed by atoms with Gasteiger partial charge in [0.1, 0.15) is 12.4 Å². The number of H-pyrrole nitrogens is 1. The van der Waals surface area contributed by atoms with E-state index in [1.165, 1.54) is 5.56 Å². The van der Waals surface area contributed by atoms with Gasteiger partial charge in [0.2, 0.25) is 0 Å². The molecule has 2 aromatic carbocycles. The third-order valence-corrected chi connectivity index (χ3v) is 5.81. The lowest BCUT2D eigenvalue weighted by molar-refractivity contribution is -0.159. The number of likely N-dealkylation sites (tertiary alicyclic amines) is 1. The number of aliphatic carboxylic acids is 2. The first-order chi connectivity index (χ1) is 17.4. The summed E-state index contributed by atoms with van der Waals surface area (Å²) in [4.78, 5) is 35.2. The first-order valence-corrected chi connectivity index (χ1v) is 11.7. The highest BCUT2D eigenvalue weighted by Gasteiger charge is 2.18. The molecule has 0 amide bonds. The van der Waals surface area contributed by atoms with Crippen LogP contribution in [0.1, 0.15) is 29.5 Å². The zero-order valence-electron chi connectivity index (χ0n) is 19.9. The number of allylic oxidation sites excluding steroid dienone is 1. The number of hydrogen-bond acceptors (Lipinski definition) is 5. The van der Waals surface area contributed by atoms with Crippen LogP contribution in [0.15, 0.2) is 83.8 Å². The Kier molecular flexibility index (Phi) is 10.0. The maximum Gasteiger partial charge on any atom is 0.414 e. The standard InChI is InChI=1S/C26H28N2O2.C2H2O4/c29-26-24(10-6-16-27-26)19-28-17-14-21(15-18-28)12-13-23-9-4-5-11-25(23)30-20-22-7-2-1-3-8-22;3-1(4)2(5)6/h1-13,16,21H,14-15,17-20H2,(H,27,29);(H,3,4)(H,5,6)/b13-12+;. The van der Waals surface area contributed by atoms with Crippen molar-refractivity contribution in [1.82, 2.24) is 9.88 Å². The molecule has 1 saturated heterocycles. The Morgan fingerprint density at radius 2 is 1.61 bits per heavy atom. The molecule has 2 heterocycles. The minimum Gasteiger partial charge on any atom is -0.488 e. The molecule has 4 rings (SSSR count). The van der Waals surface area contributed by atoms with Gasteiger partial charge in [0.25, 0.3) is 5.56 Å². The van der Waals surface area contributed by atoms with E-state index < -0.39 is 11.9 Å². The van der Waals surface area contributed by atoms with Crippen molar-refractivity contribution in [2.75, 3.05) is 13.1 Å². The van der Waals surface area contributed by atoms with E-state index >= 15 is 0 Å². The second kappa shape index (κ2) is 13.7. The van der Waals surface area contributed by atoms with Crippen LogP contribution < -0.4 is 10.3 Å². The SMILES string of the molecule is O=C(O)C(=O)O.O=c1[nH]cccc1CN1CCC(/C=C/c2ccccc2OCc2ccccc2)CC1. The fourth-order valence-electron chi connectivity index (χ4n) is 3.85. The van der Waals surface area contributed by atoms with Gasteiger partial charge in [-0.2, -0.15) is 0 Å². The largest absolute Gasteiger partial charge is 0.488 e. The van der Waals surface area contributed by atoms with Crippen molar-refractivity contribution in [3.05, 3.63) is 106 Å². The number of carboxylic acids is 2. The molecule has 1 aliphatic heterocycles. The van der Waals surface area contributed by atoms with Crippen molar-refractivity contribution < 1.29 is 24.5 Å². The predicted octanol–water partition coefficient (Wildman–Crippen LogP) is 4.03. The average molecular weight is 491 g/mol. The number of ether oxygens (including phenoxy) is 1. The van der Waals surface area contributed by atoms with E-state index in [1.54, 1.807) is 6.20 Å². The molecule has 0 spiro atoms. The average Bonchev–Trinajstić information content (AvgIpc) is 2.90. The summed E-state index contributed by atoms with van der Waals surface area (Å²) in [6, 6.07) is 22.2. The quantitative estimate of drug-likeness (QED) is 0.428. The minimum absolute atomic E-state index is 0.0200. The molecule has 1 fully saturated rings. The Labute approximate surface area is 209 Å². The Morgan fingerprint density at radius 1 is 0.944 bits per heavy atom. The summed E-state index contributed by atoms with van der Waals surface area (Å²) < 4.78 is 6.07. The molecule has 1 aliphatic rings.